The van der Waals surface area contributed by atoms with Crippen LogP contribution in [0.4, 0.5) is 10.1 Å². The van der Waals surface area contributed by atoms with Crippen molar-refractivity contribution in [3.63, 3.8) is 0 Å². The fraction of sp³-hybridized carbons (Fsp3) is 0.294. The summed E-state index contributed by atoms with van der Waals surface area (Å²) in [5, 5.41) is 3.26. The van der Waals surface area contributed by atoms with Gasteiger partial charge in [-0.3, -0.25) is 0 Å². The summed E-state index contributed by atoms with van der Waals surface area (Å²) in [6.45, 7) is 1.78. The van der Waals surface area contributed by atoms with E-state index in [2.05, 4.69) is 28.4 Å². The minimum atomic E-state index is -0.161. The molecule has 0 radical (unpaired) electrons. The summed E-state index contributed by atoms with van der Waals surface area (Å²) in [6, 6.07) is 13.7. The quantitative estimate of drug-likeness (QED) is 0.916. The molecule has 1 N–H and O–H groups in total. The molecule has 0 saturated carbocycles. The van der Waals surface area contributed by atoms with Gasteiger partial charge in [-0.15, -0.1) is 0 Å². The molecule has 0 fully saturated rings. The number of hydrogen-bond acceptors (Lipinski definition) is 2. The molecule has 0 heterocycles. The summed E-state index contributed by atoms with van der Waals surface area (Å²) in [5.74, 6) is -0.161. The maximum Gasteiger partial charge on any atom is 0.126 e. The first-order valence-corrected chi connectivity index (χ1v) is 6.73. The SMILES string of the molecule is CNC(c1cccc(N(C)C)c1)c1ccc(C)c(F)c1. The minimum absolute atomic E-state index is 0.00926. The van der Waals surface area contributed by atoms with Gasteiger partial charge in [0.25, 0.3) is 0 Å². The average molecular weight is 272 g/mol. The number of nitrogens with zero attached hydrogens (tertiary/aromatic N) is 1. The number of aryl methyl sites for hydroxylation is 1. The molecule has 1 unspecified atom stereocenters. The molecule has 0 aliphatic heterocycles. The Balaban J connectivity index is 2.41. The lowest BCUT2D eigenvalue weighted by Crippen LogP contribution is -2.18. The van der Waals surface area contributed by atoms with Gasteiger partial charge in [0.05, 0.1) is 6.04 Å². The van der Waals surface area contributed by atoms with Crippen LogP contribution in [-0.4, -0.2) is 21.1 Å². The number of halogens is 1. The Bertz CT molecular complexity index is 593. The van der Waals surface area contributed by atoms with Crippen molar-refractivity contribution in [2.45, 2.75) is 13.0 Å². The van der Waals surface area contributed by atoms with Gasteiger partial charge in [-0.2, -0.15) is 0 Å². The van der Waals surface area contributed by atoms with E-state index in [1.165, 1.54) is 0 Å². The molecule has 0 amide bonds. The van der Waals surface area contributed by atoms with Gasteiger partial charge in [0, 0.05) is 19.8 Å². The van der Waals surface area contributed by atoms with E-state index in [1.807, 2.05) is 39.3 Å². The van der Waals surface area contributed by atoms with Crippen LogP contribution >= 0.6 is 0 Å². The third-order valence-corrected chi connectivity index (χ3v) is 3.54. The molecule has 1 atom stereocenters. The molecule has 0 spiro atoms. The predicted molar refractivity (Wildman–Crippen MR) is 82.8 cm³/mol. The molecular weight excluding hydrogens is 251 g/mol. The normalized spacial score (nSPS) is 12.2. The van der Waals surface area contributed by atoms with Gasteiger partial charge in [-0.1, -0.05) is 24.3 Å². The van der Waals surface area contributed by atoms with Gasteiger partial charge >= 0.3 is 0 Å². The number of nitrogens with one attached hydrogen (secondary N) is 1. The fourth-order valence-electron chi connectivity index (χ4n) is 2.30. The first kappa shape index (κ1) is 14.5. The third-order valence-electron chi connectivity index (χ3n) is 3.54. The van der Waals surface area contributed by atoms with Crippen molar-refractivity contribution in [1.29, 1.82) is 0 Å². The van der Waals surface area contributed by atoms with Crippen molar-refractivity contribution in [1.82, 2.24) is 5.32 Å². The van der Waals surface area contributed by atoms with E-state index in [0.717, 1.165) is 16.8 Å². The Morgan fingerprint density at radius 1 is 1.05 bits per heavy atom. The number of hydrogen-bond donors (Lipinski definition) is 1. The molecule has 106 valence electrons. The van der Waals surface area contributed by atoms with Crippen molar-refractivity contribution in [2.75, 3.05) is 26.0 Å². The van der Waals surface area contributed by atoms with Gasteiger partial charge < -0.3 is 10.2 Å². The highest BCUT2D eigenvalue weighted by atomic mass is 19.1. The summed E-state index contributed by atoms with van der Waals surface area (Å²) in [6.07, 6.45) is 0. The first-order valence-electron chi connectivity index (χ1n) is 6.73. The summed E-state index contributed by atoms with van der Waals surface area (Å²) in [5.41, 5.74) is 3.87. The molecule has 0 aliphatic carbocycles. The van der Waals surface area contributed by atoms with Gasteiger partial charge in [-0.05, 0) is 48.9 Å². The molecule has 0 aromatic heterocycles. The Morgan fingerprint density at radius 3 is 2.35 bits per heavy atom. The van der Waals surface area contributed by atoms with Crippen LogP contribution in [-0.2, 0) is 0 Å². The largest absolute Gasteiger partial charge is 0.378 e. The lowest BCUT2D eigenvalue weighted by atomic mass is 9.97. The third kappa shape index (κ3) is 2.99. The molecule has 3 heteroatoms. The average Bonchev–Trinajstić information content (AvgIpc) is 2.44. The van der Waals surface area contributed by atoms with Crippen molar-refractivity contribution in [3.05, 3.63) is 65.0 Å². The van der Waals surface area contributed by atoms with Crippen molar-refractivity contribution >= 4 is 5.69 Å². The second kappa shape index (κ2) is 6.06. The molecule has 2 aromatic carbocycles. The van der Waals surface area contributed by atoms with Gasteiger partial charge in [-0.25, -0.2) is 4.39 Å². The summed E-state index contributed by atoms with van der Waals surface area (Å²) in [4.78, 5) is 2.06. The zero-order valence-corrected chi connectivity index (χ0v) is 12.4. The highest BCUT2D eigenvalue weighted by Crippen LogP contribution is 2.26. The first-order chi connectivity index (χ1) is 9.52. The van der Waals surface area contributed by atoms with E-state index >= 15 is 0 Å². The van der Waals surface area contributed by atoms with Crippen molar-refractivity contribution in [2.24, 2.45) is 0 Å². The number of benzene rings is 2. The topological polar surface area (TPSA) is 15.3 Å². The van der Waals surface area contributed by atoms with Crippen molar-refractivity contribution in [3.8, 4) is 0 Å². The van der Waals surface area contributed by atoms with Crippen LogP contribution in [0.2, 0.25) is 0 Å². The lowest BCUT2D eigenvalue weighted by molar-refractivity contribution is 0.608. The van der Waals surface area contributed by atoms with Crippen LogP contribution in [0.3, 0.4) is 0 Å². The van der Waals surface area contributed by atoms with Crippen molar-refractivity contribution < 1.29 is 4.39 Å². The van der Waals surface area contributed by atoms with E-state index in [9.17, 15) is 4.39 Å². The summed E-state index contributed by atoms with van der Waals surface area (Å²) < 4.78 is 13.8. The van der Waals surface area contributed by atoms with Gasteiger partial charge in [0.1, 0.15) is 5.82 Å². The minimum Gasteiger partial charge on any atom is -0.378 e. The second-order valence-corrected chi connectivity index (χ2v) is 5.22. The second-order valence-electron chi connectivity index (χ2n) is 5.22. The van der Waals surface area contributed by atoms with Crippen LogP contribution in [0.25, 0.3) is 0 Å². The van der Waals surface area contributed by atoms with Gasteiger partial charge in [0.2, 0.25) is 0 Å². The molecular formula is C17H21FN2. The Hall–Kier alpha value is -1.87. The highest BCUT2D eigenvalue weighted by molar-refractivity contribution is 5.49. The maximum atomic E-state index is 13.8. The Labute approximate surface area is 120 Å². The van der Waals surface area contributed by atoms with E-state index < -0.39 is 0 Å². The molecule has 2 rings (SSSR count). The monoisotopic (exact) mass is 272 g/mol. The molecule has 0 saturated heterocycles. The highest BCUT2D eigenvalue weighted by Gasteiger charge is 2.14. The zero-order chi connectivity index (χ0) is 14.7. The number of anilines is 1. The Morgan fingerprint density at radius 2 is 1.75 bits per heavy atom. The van der Waals surface area contributed by atoms with Crippen LogP contribution in [0, 0.1) is 12.7 Å². The maximum absolute atomic E-state index is 13.8. The lowest BCUT2D eigenvalue weighted by Gasteiger charge is -2.20. The molecule has 2 nitrogen and oxygen atoms in total. The predicted octanol–water partition coefficient (Wildman–Crippen LogP) is 3.51. The van der Waals surface area contributed by atoms with E-state index in [4.69, 9.17) is 0 Å². The van der Waals surface area contributed by atoms with E-state index in [0.29, 0.717) is 5.56 Å². The fourth-order valence-corrected chi connectivity index (χ4v) is 2.30. The Kier molecular flexibility index (Phi) is 4.40. The van der Waals surface area contributed by atoms with Gasteiger partial charge in [0.15, 0.2) is 0 Å². The summed E-state index contributed by atoms with van der Waals surface area (Å²) in [7, 11) is 5.92. The number of rotatable bonds is 4. The molecule has 2 aromatic rings. The standard InChI is InChI=1S/C17H21FN2/c1-12-8-9-14(11-16(12)18)17(19-2)13-6-5-7-15(10-13)20(3)4/h5-11,17,19H,1-4H3. The van der Waals surface area contributed by atoms with E-state index in [1.54, 1.807) is 13.0 Å². The smallest absolute Gasteiger partial charge is 0.126 e. The van der Waals surface area contributed by atoms with E-state index in [-0.39, 0.29) is 11.9 Å². The molecule has 0 bridgehead atoms. The summed E-state index contributed by atoms with van der Waals surface area (Å²) >= 11 is 0. The van der Waals surface area contributed by atoms with Crippen LogP contribution in [0.5, 0.6) is 0 Å². The zero-order valence-electron chi connectivity index (χ0n) is 12.4. The van der Waals surface area contributed by atoms with Crippen LogP contribution < -0.4 is 10.2 Å². The van der Waals surface area contributed by atoms with Crippen LogP contribution in [0.15, 0.2) is 42.5 Å². The molecule has 20 heavy (non-hydrogen) atoms. The molecule has 0 aliphatic rings. The van der Waals surface area contributed by atoms with Crippen LogP contribution in [0.1, 0.15) is 22.7 Å².